The number of pyridine rings is 1. The van der Waals surface area contributed by atoms with Gasteiger partial charge >= 0.3 is 5.97 Å². The van der Waals surface area contributed by atoms with Crippen LogP contribution in [0.2, 0.25) is 5.15 Å². The fraction of sp³-hybridized carbons (Fsp3) is 0.471. The Bertz CT molecular complexity index is 819. The van der Waals surface area contributed by atoms with Crippen molar-refractivity contribution in [3.63, 3.8) is 0 Å². The molecule has 3 atom stereocenters. The summed E-state index contributed by atoms with van der Waals surface area (Å²) in [5.41, 5.74) is 0.835. The van der Waals surface area contributed by atoms with Crippen LogP contribution < -0.4 is 0 Å². The van der Waals surface area contributed by atoms with Crippen molar-refractivity contribution in [2.75, 3.05) is 0 Å². The van der Waals surface area contributed by atoms with E-state index < -0.39 is 12.0 Å². The van der Waals surface area contributed by atoms with E-state index in [0.29, 0.717) is 12.1 Å². The maximum absolute atomic E-state index is 13.2. The van der Waals surface area contributed by atoms with Crippen LogP contribution in [-0.2, 0) is 4.79 Å². The van der Waals surface area contributed by atoms with Crippen LogP contribution in [-0.4, -0.2) is 43.4 Å². The van der Waals surface area contributed by atoms with E-state index in [-0.39, 0.29) is 28.7 Å². The highest BCUT2D eigenvalue weighted by atomic mass is 35.5. The van der Waals surface area contributed by atoms with Gasteiger partial charge in [-0.15, -0.1) is 0 Å². The lowest BCUT2D eigenvalue weighted by atomic mass is 9.84. The maximum atomic E-state index is 13.2. The molecule has 3 heterocycles. The lowest BCUT2D eigenvalue weighted by molar-refractivity contribution is -0.141. The Kier molecular flexibility index (Phi) is 3.72. The molecule has 0 radical (unpaired) electrons. The first-order chi connectivity index (χ1) is 11.6. The number of amides is 1. The highest BCUT2D eigenvalue weighted by molar-refractivity contribution is 6.32. The number of hydrogen-bond donors (Lipinski definition) is 1. The van der Waals surface area contributed by atoms with E-state index in [0.717, 1.165) is 25.7 Å². The maximum Gasteiger partial charge on any atom is 0.326 e. The van der Waals surface area contributed by atoms with Crippen molar-refractivity contribution < 1.29 is 14.7 Å². The third-order valence-electron chi connectivity index (χ3n) is 5.30. The van der Waals surface area contributed by atoms with Crippen molar-refractivity contribution in [2.45, 2.75) is 44.2 Å². The fourth-order valence-electron chi connectivity index (χ4n) is 4.25. The average molecular weight is 348 g/mol. The van der Waals surface area contributed by atoms with Crippen molar-refractivity contribution >= 4 is 29.1 Å². The van der Waals surface area contributed by atoms with Crippen molar-refractivity contribution in [3.8, 4) is 0 Å². The van der Waals surface area contributed by atoms with E-state index in [1.807, 2.05) is 6.07 Å². The van der Waals surface area contributed by atoms with Crippen molar-refractivity contribution in [1.29, 1.82) is 0 Å². The standard InChI is InChI=1S/C17H18ClN3O3/c18-15-14(20-8-4-3-7-13(20)19-15)16(22)21-11-6-2-1-5-10(11)9-12(21)17(23)24/h3-4,7-8,10-12H,1-2,5-6,9H2,(H,23,24)/t10-,11-,12+/m1/s1. The number of likely N-dealkylation sites (tertiary alicyclic amines) is 1. The second-order valence-corrected chi connectivity index (χ2v) is 6.95. The number of fused-ring (bicyclic) bond motifs is 2. The van der Waals surface area contributed by atoms with E-state index in [4.69, 9.17) is 11.6 Å². The Morgan fingerprint density at radius 3 is 2.83 bits per heavy atom. The van der Waals surface area contributed by atoms with Gasteiger partial charge in [-0.3, -0.25) is 9.20 Å². The number of aromatic nitrogens is 2. The third-order valence-corrected chi connectivity index (χ3v) is 5.56. The molecule has 2 aliphatic rings. The molecule has 7 heteroatoms. The van der Waals surface area contributed by atoms with Gasteiger partial charge in [0.15, 0.2) is 10.8 Å². The number of nitrogens with zero attached hydrogens (tertiary/aromatic N) is 3. The number of aliphatic carboxylic acids is 1. The summed E-state index contributed by atoms with van der Waals surface area (Å²) in [6.45, 7) is 0. The van der Waals surface area contributed by atoms with Crippen LogP contribution >= 0.6 is 11.6 Å². The minimum atomic E-state index is -0.942. The molecule has 0 aromatic carbocycles. The normalized spacial score (nSPS) is 26.5. The summed E-state index contributed by atoms with van der Waals surface area (Å²) in [5, 5.41) is 9.73. The molecular weight excluding hydrogens is 330 g/mol. The predicted molar refractivity (Wildman–Crippen MR) is 88.2 cm³/mol. The number of carbonyl (C=O) groups excluding carboxylic acids is 1. The minimum absolute atomic E-state index is 0.0160. The molecule has 2 aromatic rings. The second-order valence-electron chi connectivity index (χ2n) is 6.59. The molecule has 1 N–H and O–H groups in total. The van der Waals surface area contributed by atoms with Gasteiger partial charge in [0.05, 0.1) is 0 Å². The molecule has 0 unspecified atom stereocenters. The van der Waals surface area contributed by atoms with E-state index in [1.165, 1.54) is 0 Å². The van der Waals surface area contributed by atoms with Gasteiger partial charge in [-0.2, -0.15) is 0 Å². The molecule has 1 saturated heterocycles. The molecule has 2 aromatic heterocycles. The molecule has 126 valence electrons. The van der Waals surface area contributed by atoms with Crippen LogP contribution in [0.25, 0.3) is 5.65 Å². The Morgan fingerprint density at radius 1 is 1.25 bits per heavy atom. The zero-order chi connectivity index (χ0) is 16.8. The zero-order valence-electron chi connectivity index (χ0n) is 13.1. The zero-order valence-corrected chi connectivity index (χ0v) is 13.8. The van der Waals surface area contributed by atoms with Crippen LogP contribution in [0.5, 0.6) is 0 Å². The monoisotopic (exact) mass is 347 g/mol. The van der Waals surface area contributed by atoms with Crippen LogP contribution in [0.3, 0.4) is 0 Å². The first kappa shape index (κ1) is 15.4. The topological polar surface area (TPSA) is 74.9 Å². The summed E-state index contributed by atoms with van der Waals surface area (Å²) in [7, 11) is 0. The highest BCUT2D eigenvalue weighted by Crippen LogP contribution is 2.41. The van der Waals surface area contributed by atoms with E-state index in [9.17, 15) is 14.7 Å². The quantitative estimate of drug-likeness (QED) is 0.906. The summed E-state index contributed by atoms with van der Waals surface area (Å²) < 4.78 is 1.64. The largest absolute Gasteiger partial charge is 0.480 e. The first-order valence-corrected chi connectivity index (χ1v) is 8.64. The first-order valence-electron chi connectivity index (χ1n) is 8.26. The van der Waals surface area contributed by atoms with Crippen LogP contribution in [0, 0.1) is 5.92 Å². The predicted octanol–water partition coefficient (Wildman–Crippen LogP) is 2.85. The molecule has 1 amide bonds. The van der Waals surface area contributed by atoms with Gasteiger partial charge in [-0.1, -0.05) is 30.5 Å². The van der Waals surface area contributed by atoms with Crippen LogP contribution in [0.1, 0.15) is 42.6 Å². The lowest BCUT2D eigenvalue weighted by Gasteiger charge is -2.32. The summed E-state index contributed by atoms with van der Waals surface area (Å²) >= 11 is 6.22. The van der Waals surface area contributed by atoms with Crippen molar-refractivity contribution in [1.82, 2.24) is 14.3 Å². The van der Waals surface area contributed by atoms with Crippen LogP contribution in [0.4, 0.5) is 0 Å². The van der Waals surface area contributed by atoms with E-state index in [1.54, 1.807) is 27.6 Å². The smallest absolute Gasteiger partial charge is 0.326 e. The molecule has 24 heavy (non-hydrogen) atoms. The molecule has 4 rings (SSSR count). The average Bonchev–Trinajstić information content (AvgIpc) is 3.11. The van der Waals surface area contributed by atoms with Gasteiger partial charge in [0.25, 0.3) is 5.91 Å². The number of carboxylic acid groups (broad SMARTS) is 1. The summed E-state index contributed by atoms with van der Waals surface area (Å²) in [5.74, 6) is -1.01. The second kappa shape index (κ2) is 5.77. The third kappa shape index (κ3) is 2.28. The molecular formula is C17H18ClN3O3. The highest BCUT2D eigenvalue weighted by Gasteiger charge is 2.48. The number of halogens is 1. The lowest BCUT2D eigenvalue weighted by Crippen LogP contribution is -2.46. The van der Waals surface area contributed by atoms with Gasteiger partial charge in [0.2, 0.25) is 0 Å². The number of hydrogen-bond acceptors (Lipinski definition) is 3. The van der Waals surface area contributed by atoms with Crippen molar-refractivity contribution in [2.24, 2.45) is 5.92 Å². The van der Waals surface area contributed by atoms with Gasteiger partial charge in [0.1, 0.15) is 11.7 Å². The Morgan fingerprint density at radius 2 is 2.04 bits per heavy atom. The SMILES string of the molecule is O=C(O)[C@@H]1C[C@H]2CCCC[C@H]2N1C(=O)c1c(Cl)nc2ccccn12. The molecule has 1 aliphatic heterocycles. The Balaban J connectivity index is 1.78. The van der Waals surface area contributed by atoms with Gasteiger partial charge < -0.3 is 10.0 Å². The fourth-order valence-corrected chi connectivity index (χ4v) is 4.51. The summed E-state index contributed by atoms with van der Waals surface area (Å²) in [4.78, 5) is 30.7. The van der Waals surface area contributed by atoms with E-state index in [2.05, 4.69) is 4.98 Å². The summed E-state index contributed by atoms with van der Waals surface area (Å²) in [6.07, 6.45) is 6.23. The number of carbonyl (C=O) groups is 2. The molecule has 0 bridgehead atoms. The summed E-state index contributed by atoms with van der Waals surface area (Å²) in [6, 6.07) is 4.59. The Labute approximate surface area is 144 Å². The number of rotatable bonds is 2. The number of carboxylic acids is 1. The van der Waals surface area contributed by atoms with Gasteiger partial charge in [0, 0.05) is 12.2 Å². The van der Waals surface area contributed by atoms with E-state index >= 15 is 0 Å². The van der Waals surface area contributed by atoms with Gasteiger partial charge in [-0.25, -0.2) is 9.78 Å². The minimum Gasteiger partial charge on any atom is -0.480 e. The molecule has 1 saturated carbocycles. The molecule has 2 fully saturated rings. The molecule has 6 nitrogen and oxygen atoms in total. The number of imidazole rings is 1. The molecule has 0 spiro atoms. The Hall–Kier alpha value is -2.08. The molecule has 1 aliphatic carbocycles. The van der Waals surface area contributed by atoms with Crippen molar-refractivity contribution in [3.05, 3.63) is 35.2 Å². The van der Waals surface area contributed by atoms with Gasteiger partial charge in [-0.05, 0) is 37.3 Å². The van der Waals surface area contributed by atoms with Crippen LogP contribution in [0.15, 0.2) is 24.4 Å².